The van der Waals surface area contributed by atoms with Gasteiger partial charge in [-0.1, -0.05) is 59.6 Å². The Morgan fingerprint density at radius 3 is 2.56 bits per heavy atom. The SMILES string of the molecule is O=C(O)[C@H](Cc1c[nH]c2ccccc12)NCc1ccc(OCc2ccc(Cl)cc2Cl)cc1. The van der Waals surface area contributed by atoms with Crippen molar-refractivity contribution < 1.29 is 14.6 Å². The summed E-state index contributed by atoms with van der Waals surface area (Å²) >= 11 is 12.1. The molecule has 0 aliphatic carbocycles. The normalized spacial score (nSPS) is 12.1. The number of nitrogens with one attached hydrogen (secondary N) is 2. The summed E-state index contributed by atoms with van der Waals surface area (Å²) in [5.74, 6) is -0.177. The van der Waals surface area contributed by atoms with Crippen molar-refractivity contribution in [1.29, 1.82) is 0 Å². The van der Waals surface area contributed by atoms with Gasteiger partial charge in [0.2, 0.25) is 0 Å². The van der Waals surface area contributed by atoms with Crippen molar-refractivity contribution in [2.24, 2.45) is 0 Å². The number of ether oxygens (including phenoxy) is 1. The lowest BCUT2D eigenvalue weighted by molar-refractivity contribution is -0.139. The number of carboxylic acids is 1. The molecule has 4 rings (SSSR count). The minimum absolute atomic E-state index is 0.333. The van der Waals surface area contributed by atoms with Crippen molar-refractivity contribution in [3.05, 3.63) is 99.7 Å². The number of carboxylic acid groups (broad SMARTS) is 1. The van der Waals surface area contributed by atoms with Gasteiger partial charge >= 0.3 is 5.97 Å². The Hall–Kier alpha value is -2.99. The number of aromatic nitrogens is 1. The number of benzene rings is 3. The largest absolute Gasteiger partial charge is 0.489 e. The first-order chi connectivity index (χ1) is 15.5. The van der Waals surface area contributed by atoms with Crippen molar-refractivity contribution >= 4 is 40.1 Å². The molecule has 0 aliphatic heterocycles. The van der Waals surface area contributed by atoms with Crippen LogP contribution in [-0.4, -0.2) is 22.1 Å². The van der Waals surface area contributed by atoms with Gasteiger partial charge in [-0.2, -0.15) is 0 Å². The Morgan fingerprint density at radius 2 is 1.81 bits per heavy atom. The summed E-state index contributed by atoms with van der Waals surface area (Å²) in [4.78, 5) is 15.0. The molecule has 3 aromatic carbocycles. The van der Waals surface area contributed by atoms with Gasteiger partial charge < -0.3 is 20.1 Å². The first-order valence-electron chi connectivity index (χ1n) is 10.2. The Balaban J connectivity index is 1.34. The highest BCUT2D eigenvalue weighted by molar-refractivity contribution is 6.35. The van der Waals surface area contributed by atoms with E-state index in [1.54, 1.807) is 12.1 Å². The molecule has 7 heteroatoms. The number of para-hydroxylation sites is 1. The number of carbonyl (C=O) groups is 1. The van der Waals surface area contributed by atoms with Crippen LogP contribution in [0.1, 0.15) is 16.7 Å². The molecule has 0 aliphatic rings. The molecule has 1 atom stereocenters. The van der Waals surface area contributed by atoms with Crippen molar-refractivity contribution in [3.8, 4) is 5.75 Å². The number of fused-ring (bicyclic) bond motifs is 1. The maximum absolute atomic E-state index is 11.8. The zero-order chi connectivity index (χ0) is 22.5. The van der Waals surface area contributed by atoms with Gasteiger partial charge in [-0.15, -0.1) is 0 Å². The van der Waals surface area contributed by atoms with Crippen LogP contribution in [0.2, 0.25) is 10.0 Å². The molecular formula is C25H22Cl2N2O3. The molecule has 0 radical (unpaired) electrons. The number of rotatable bonds is 9. The molecular weight excluding hydrogens is 447 g/mol. The lowest BCUT2D eigenvalue weighted by atomic mass is 10.0. The van der Waals surface area contributed by atoms with Gasteiger partial charge in [0.15, 0.2) is 0 Å². The van der Waals surface area contributed by atoms with Gasteiger partial charge in [0.1, 0.15) is 18.4 Å². The lowest BCUT2D eigenvalue weighted by Crippen LogP contribution is -2.38. The maximum atomic E-state index is 11.8. The molecule has 164 valence electrons. The van der Waals surface area contributed by atoms with Crippen molar-refractivity contribution in [2.75, 3.05) is 0 Å². The molecule has 4 aromatic rings. The van der Waals surface area contributed by atoms with Crippen LogP contribution in [0.5, 0.6) is 5.75 Å². The second-order valence-electron chi connectivity index (χ2n) is 7.50. The molecule has 0 spiro atoms. The Bertz CT molecular complexity index is 1220. The highest BCUT2D eigenvalue weighted by atomic mass is 35.5. The molecule has 1 heterocycles. The number of aliphatic carboxylic acids is 1. The van der Waals surface area contributed by atoms with E-state index in [2.05, 4.69) is 10.3 Å². The summed E-state index contributed by atoms with van der Waals surface area (Å²) in [6, 6.07) is 20.0. The van der Waals surface area contributed by atoms with Crippen LogP contribution in [-0.2, 0) is 24.4 Å². The van der Waals surface area contributed by atoms with Crippen LogP contribution in [0, 0.1) is 0 Å². The number of halogens is 2. The Kier molecular flexibility index (Phi) is 7.00. The zero-order valence-corrected chi connectivity index (χ0v) is 18.7. The van der Waals surface area contributed by atoms with E-state index in [-0.39, 0.29) is 0 Å². The predicted octanol–water partition coefficient (Wildman–Crippen LogP) is 5.84. The van der Waals surface area contributed by atoms with Gasteiger partial charge in [0.05, 0.1) is 0 Å². The third-order valence-electron chi connectivity index (χ3n) is 5.28. The minimum atomic E-state index is -0.880. The summed E-state index contributed by atoms with van der Waals surface area (Å²) < 4.78 is 5.80. The third-order valence-corrected chi connectivity index (χ3v) is 5.87. The molecule has 5 nitrogen and oxygen atoms in total. The van der Waals surface area contributed by atoms with Crippen LogP contribution in [0.25, 0.3) is 10.9 Å². The van der Waals surface area contributed by atoms with Gasteiger partial charge in [0, 0.05) is 45.7 Å². The molecule has 0 bridgehead atoms. The van der Waals surface area contributed by atoms with Crippen LogP contribution in [0.15, 0.2) is 72.9 Å². The monoisotopic (exact) mass is 468 g/mol. The second-order valence-corrected chi connectivity index (χ2v) is 8.35. The average molecular weight is 469 g/mol. The number of aromatic amines is 1. The molecule has 0 fully saturated rings. The van der Waals surface area contributed by atoms with Gasteiger partial charge in [-0.25, -0.2) is 0 Å². The summed E-state index contributed by atoms with van der Waals surface area (Å²) in [6.07, 6.45) is 2.27. The standard InChI is InChI=1S/C25H22Cl2N2O3/c26-19-8-7-17(22(27)12-19)15-32-20-9-5-16(6-10-20)13-28-24(25(30)31)11-18-14-29-23-4-2-1-3-21(18)23/h1-10,12,14,24,28-29H,11,13,15H2,(H,30,31)/t24-/m0/s1. The highest BCUT2D eigenvalue weighted by Gasteiger charge is 2.19. The summed E-state index contributed by atoms with van der Waals surface area (Å²) in [5, 5.41) is 15.0. The summed E-state index contributed by atoms with van der Waals surface area (Å²) in [7, 11) is 0. The van der Waals surface area contributed by atoms with E-state index in [1.165, 1.54) is 0 Å². The van der Waals surface area contributed by atoms with Gasteiger partial charge in [-0.3, -0.25) is 4.79 Å². The number of H-pyrrole nitrogens is 1. The van der Waals surface area contributed by atoms with E-state index in [4.69, 9.17) is 27.9 Å². The molecule has 32 heavy (non-hydrogen) atoms. The lowest BCUT2D eigenvalue weighted by Gasteiger charge is -2.15. The number of hydrogen-bond donors (Lipinski definition) is 3. The van der Waals surface area contributed by atoms with E-state index in [9.17, 15) is 9.90 Å². The Morgan fingerprint density at radius 1 is 1.03 bits per heavy atom. The maximum Gasteiger partial charge on any atom is 0.321 e. The van der Waals surface area contributed by atoms with E-state index in [0.29, 0.717) is 35.4 Å². The van der Waals surface area contributed by atoms with Crippen LogP contribution >= 0.6 is 23.2 Å². The predicted molar refractivity (Wildman–Crippen MR) is 128 cm³/mol. The van der Waals surface area contributed by atoms with Crippen LogP contribution in [0.4, 0.5) is 0 Å². The van der Waals surface area contributed by atoms with Crippen molar-refractivity contribution in [2.45, 2.75) is 25.6 Å². The third kappa shape index (κ3) is 5.43. The zero-order valence-electron chi connectivity index (χ0n) is 17.1. The van der Waals surface area contributed by atoms with Crippen molar-refractivity contribution in [3.63, 3.8) is 0 Å². The molecule has 0 amide bonds. The minimum Gasteiger partial charge on any atom is -0.489 e. The van der Waals surface area contributed by atoms with Crippen molar-refractivity contribution in [1.82, 2.24) is 10.3 Å². The molecule has 0 unspecified atom stereocenters. The second kappa shape index (κ2) is 10.1. The average Bonchev–Trinajstić information content (AvgIpc) is 3.19. The quantitative estimate of drug-likeness (QED) is 0.288. The van der Waals surface area contributed by atoms with E-state index < -0.39 is 12.0 Å². The number of hydrogen-bond acceptors (Lipinski definition) is 3. The fourth-order valence-corrected chi connectivity index (χ4v) is 3.97. The molecule has 0 saturated heterocycles. The van der Waals surface area contributed by atoms with E-state index >= 15 is 0 Å². The van der Waals surface area contributed by atoms with Crippen LogP contribution in [0.3, 0.4) is 0 Å². The van der Waals surface area contributed by atoms with E-state index in [0.717, 1.165) is 27.6 Å². The smallest absolute Gasteiger partial charge is 0.321 e. The topological polar surface area (TPSA) is 74.3 Å². The summed E-state index contributed by atoms with van der Waals surface area (Å²) in [5.41, 5.74) is 3.79. The summed E-state index contributed by atoms with van der Waals surface area (Å²) in [6.45, 7) is 0.766. The molecule has 0 saturated carbocycles. The van der Waals surface area contributed by atoms with Gasteiger partial charge in [-0.05, 0) is 41.5 Å². The first kappa shape index (κ1) is 22.2. The Labute approximate surface area is 195 Å². The molecule has 3 N–H and O–H groups in total. The highest BCUT2D eigenvalue weighted by Crippen LogP contribution is 2.23. The van der Waals surface area contributed by atoms with Crippen LogP contribution < -0.4 is 10.1 Å². The van der Waals surface area contributed by atoms with Gasteiger partial charge in [0.25, 0.3) is 0 Å². The fourth-order valence-electron chi connectivity index (χ4n) is 3.51. The fraction of sp³-hybridized carbons (Fsp3) is 0.160. The molecule has 1 aromatic heterocycles. The van der Waals surface area contributed by atoms with E-state index in [1.807, 2.05) is 60.8 Å². The first-order valence-corrected chi connectivity index (χ1v) is 10.9.